The molecule has 0 aliphatic rings. The van der Waals surface area contributed by atoms with Crippen LogP contribution in [0.15, 0.2) is 0 Å². The molecule has 1 aromatic heterocycles. The summed E-state index contributed by atoms with van der Waals surface area (Å²) in [6.45, 7) is 2.69. The zero-order chi connectivity index (χ0) is 13.5. The van der Waals surface area contributed by atoms with Crippen LogP contribution in [0.5, 0.6) is 6.01 Å². The van der Waals surface area contributed by atoms with Gasteiger partial charge in [0.2, 0.25) is 17.1 Å². The molecule has 1 amide bonds. The lowest BCUT2D eigenvalue weighted by molar-refractivity contribution is -0.116. The van der Waals surface area contributed by atoms with Crippen molar-refractivity contribution in [1.82, 2.24) is 15.0 Å². The number of carbonyl (C=O) groups is 1. The van der Waals surface area contributed by atoms with Crippen LogP contribution in [0.4, 0.5) is 5.95 Å². The molecule has 0 saturated heterocycles. The van der Waals surface area contributed by atoms with Gasteiger partial charge in [0, 0.05) is 6.54 Å². The third-order valence-corrected chi connectivity index (χ3v) is 2.34. The summed E-state index contributed by atoms with van der Waals surface area (Å²) < 4.78 is 4.91. The molecule has 0 bridgehead atoms. The molecule has 7 nitrogen and oxygen atoms in total. The molecule has 0 fully saturated rings. The number of nitrogens with two attached hydrogens (primary N) is 1. The molecular formula is C10H16ClN5O2. The van der Waals surface area contributed by atoms with Crippen LogP contribution in [0, 0.1) is 0 Å². The number of carbonyl (C=O) groups excluding carboxylic acids is 1. The van der Waals surface area contributed by atoms with Crippen LogP contribution >= 0.6 is 11.6 Å². The average Bonchev–Trinajstić information content (AvgIpc) is 2.33. The largest absolute Gasteiger partial charge is 0.467 e. The highest BCUT2D eigenvalue weighted by molar-refractivity contribution is 6.28. The average molecular weight is 274 g/mol. The second kappa shape index (κ2) is 6.95. The highest BCUT2D eigenvalue weighted by atomic mass is 35.5. The quantitative estimate of drug-likeness (QED) is 0.783. The van der Waals surface area contributed by atoms with Crippen LogP contribution in [0.2, 0.25) is 5.28 Å². The van der Waals surface area contributed by atoms with Crippen LogP contribution in [-0.2, 0) is 4.79 Å². The second-order valence-corrected chi connectivity index (χ2v) is 3.97. The Morgan fingerprint density at radius 3 is 2.72 bits per heavy atom. The van der Waals surface area contributed by atoms with Gasteiger partial charge in [-0.1, -0.05) is 13.3 Å². The normalized spacial score (nSPS) is 10.2. The highest BCUT2D eigenvalue weighted by Crippen LogP contribution is 2.15. The van der Waals surface area contributed by atoms with E-state index in [4.69, 9.17) is 22.1 Å². The summed E-state index contributed by atoms with van der Waals surface area (Å²) in [5, 5.41) is 0.0165. The van der Waals surface area contributed by atoms with Gasteiger partial charge in [-0.3, -0.25) is 4.79 Å². The molecule has 1 rings (SSSR count). The molecular weight excluding hydrogens is 258 g/mol. The second-order valence-electron chi connectivity index (χ2n) is 3.63. The molecule has 8 heteroatoms. The van der Waals surface area contributed by atoms with Crippen molar-refractivity contribution in [2.24, 2.45) is 5.73 Å². The first-order chi connectivity index (χ1) is 8.56. The molecule has 1 aromatic rings. The highest BCUT2D eigenvalue weighted by Gasteiger charge is 2.14. The third kappa shape index (κ3) is 4.33. The first kappa shape index (κ1) is 14.4. The number of methoxy groups -OCH3 is 1. The van der Waals surface area contributed by atoms with E-state index in [1.807, 2.05) is 6.92 Å². The molecule has 0 aliphatic heterocycles. The Hall–Kier alpha value is -1.63. The summed E-state index contributed by atoms with van der Waals surface area (Å²) in [6, 6.07) is 0.107. The minimum atomic E-state index is -0.457. The number of unbranched alkanes of at least 4 members (excludes halogenated alkanes) is 1. The fourth-order valence-electron chi connectivity index (χ4n) is 1.34. The van der Waals surface area contributed by atoms with Crippen LogP contribution in [0.3, 0.4) is 0 Å². The van der Waals surface area contributed by atoms with Gasteiger partial charge in [0.25, 0.3) is 0 Å². The van der Waals surface area contributed by atoms with Gasteiger partial charge in [0.05, 0.1) is 13.7 Å². The molecule has 0 atom stereocenters. The minimum Gasteiger partial charge on any atom is -0.467 e. The van der Waals surface area contributed by atoms with Crippen molar-refractivity contribution in [3.8, 4) is 6.01 Å². The monoisotopic (exact) mass is 273 g/mol. The molecule has 0 unspecified atom stereocenters. The summed E-state index contributed by atoms with van der Waals surface area (Å²) in [6.07, 6.45) is 1.87. The number of hydrogen-bond donors (Lipinski definition) is 1. The number of anilines is 1. The van der Waals surface area contributed by atoms with Gasteiger partial charge in [-0.25, -0.2) is 0 Å². The number of aromatic nitrogens is 3. The Morgan fingerprint density at radius 1 is 1.44 bits per heavy atom. The van der Waals surface area contributed by atoms with Crippen molar-refractivity contribution in [3.05, 3.63) is 5.28 Å². The Morgan fingerprint density at radius 2 is 2.17 bits per heavy atom. The standard InChI is InChI=1S/C10H16ClN5O2/c1-3-4-5-16(6-7(12)17)9-13-8(11)14-10(15-9)18-2/h3-6H2,1-2H3,(H2,12,17). The molecule has 2 N–H and O–H groups in total. The Kier molecular flexibility index (Phi) is 5.57. The molecule has 0 aliphatic carbocycles. The van der Waals surface area contributed by atoms with E-state index in [-0.39, 0.29) is 17.8 Å². The van der Waals surface area contributed by atoms with Crippen LogP contribution in [-0.4, -0.2) is 41.1 Å². The van der Waals surface area contributed by atoms with Crippen molar-refractivity contribution in [1.29, 1.82) is 0 Å². The van der Waals surface area contributed by atoms with E-state index in [1.54, 1.807) is 4.90 Å². The minimum absolute atomic E-state index is 0.0165. The van der Waals surface area contributed by atoms with Crippen molar-refractivity contribution >= 4 is 23.5 Å². The first-order valence-corrected chi connectivity index (χ1v) is 5.93. The summed E-state index contributed by atoms with van der Waals surface area (Å²) in [7, 11) is 1.43. The third-order valence-electron chi connectivity index (χ3n) is 2.17. The molecule has 0 aromatic carbocycles. The smallest absolute Gasteiger partial charge is 0.322 e. The lowest BCUT2D eigenvalue weighted by atomic mass is 10.3. The summed E-state index contributed by atoms with van der Waals surface area (Å²) in [4.78, 5) is 24.5. The maximum absolute atomic E-state index is 11.0. The Labute approximate surface area is 110 Å². The molecule has 0 saturated carbocycles. The van der Waals surface area contributed by atoms with Crippen LogP contribution in [0.1, 0.15) is 19.8 Å². The zero-order valence-corrected chi connectivity index (χ0v) is 11.1. The molecule has 0 spiro atoms. The summed E-state index contributed by atoms with van der Waals surface area (Å²) >= 11 is 5.76. The molecule has 18 heavy (non-hydrogen) atoms. The number of primary amides is 1. The maximum atomic E-state index is 11.0. The SMILES string of the molecule is CCCCN(CC(N)=O)c1nc(Cl)nc(OC)n1. The van der Waals surface area contributed by atoms with Gasteiger partial charge in [0.15, 0.2) is 0 Å². The lowest BCUT2D eigenvalue weighted by Gasteiger charge is -2.20. The van der Waals surface area contributed by atoms with E-state index in [0.717, 1.165) is 12.8 Å². The van der Waals surface area contributed by atoms with Gasteiger partial charge in [-0.15, -0.1) is 0 Å². The zero-order valence-electron chi connectivity index (χ0n) is 10.4. The van der Waals surface area contributed by atoms with Crippen molar-refractivity contribution in [3.63, 3.8) is 0 Å². The Balaban J connectivity index is 2.95. The fraction of sp³-hybridized carbons (Fsp3) is 0.600. The van der Waals surface area contributed by atoms with Gasteiger partial charge in [-0.2, -0.15) is 15.0 Å². The number of hydrogen-bond acceptors (Lipinski definition) is 6. The summed E-state index contributed by atoms with van der Waals surface area (Å²) in [5.74, 6) is -0.166. The van der Waals surface area contributed by atoms with Crippen molar-refractivity contribution in [2.75, 3.05) is 25.1 Å². The van der Waals surface area contributed by atoms with E-state index < -0.39 is 5.91 Å². The first-order valence-electron chi connectivity index (χ1n) is 5.55. The van der Waals surface area contributed by atoms with Gasteiger partial charge < -0.3 is 15.4 Å². The van der Waals surface area contributed by atoms with Crippen LogP contribution < -0.4 is 15.4 Å². The lowest BCUT2D eigenvalue weighted by Crippen LogP contribution is -2.35. The van der Waals surface area contributed by atoms with Gasteiger partial charge >= 0.3 is 6.01 Å². The molecule has 100 valence electrons. The van der Waals surface area contributed by atoms with Crippen molar-refractivity contribution in [2.45, 2.75) is 19.8 Å². The van der Waals surface area contributed by atoms with Crippen LogP contribution in [0.25, 0.3) is 0 Å². The van der Waals surface area contributed by atoms with E-state index >= 15 is 0 Å². The van der Waals surface area contributed by atoms with E-state index in [9.17, 15) is 4.79 Å². The maximum Gasteiger partial charge on any atom is 0.322 e. The number of halogens is 1. The number of ether oxygens (including phenoxy) is 1. The predicted octanol–water partition coefficient (Wildman–Crippen LogP) is 0.625. The van der Waals surface area contributed by atoms with E-state index in [1.165, 1.54) is 7.11 Å². The fourth-order valence-corrected chi connectivity index (χ4v) is 1.49. The number of rotatable bonds is 7. The number of amides is 1. The van der Waals surface area contributed by atoms with Gasteiger partial charge in [0.1, 0.15) is 0 Å². The summed E-state index contributed by atoms with van der Waals surface area (Å²) in [5.41, 5.74) is 5.20. The predicted molar refractivity (Wildman–Crippen MR) is 67.7 cm³/mol. The van der Waals surface area contributed by atoms with Crippen molar-refractivity contribution < 1.29 is 9.53 Å². The molecule has 1 heterocycles. The Bertz CT molecular complexity index is 415. The van der Waals surface area contributed by atoms with E-state index in [2.05, 4.69) is 15.0 Å². The van der Waals surface area contributed by atoms with E-state index in [0.29, 0.717) is 12.5 Å². The topological polar surface area (TPSA) is 94.2 Å². The number of nitrogens with zero attached hydrogens (tertiary/aromatic N) is 4. The molecule has 0 radical (unpaired) electrons. The van der Waals surface area contributed by atoms with Gasteiger partial charge in [-0.05, 0) is 18.0 Å².